The number of carbonyl (C=O) groups excluding carboxylic acids is 2. The lowest BCUT2D eigenvalue weighted by atomic mass is 9.66. The number of rotatable bonds is 8. The first-order valence-electron chi connectivity index (χ1n) is 12.2. The van der Waals surface area contributed by atoms with Crippen molar-refractivity contribution in [3.05, 3.63) is 59.7 Å². The topological polar surface area (TPSA) is 105 Å². The van der Waals surface area contributed by atoms with Crippen molar-refractivity contribution in [1.29, 1.82) is 0 Å². The van der Waals surface area contributed by atoms with E-state index in [-0.39, 0.29) is 30.3 Å². The quantitative estimate of drug-likeness (QED) is 0.510. The highest BCUT2D eigenvalue weighted by atomic mass is 16.5. The Morgan fingerprint density at radius 2 is 1.60 bits per heavy atom. The molecule has 2 aromatic rings. The van der Waals surface area contributed by atoms with Crippen molar-refractivity contribution in [2.24, 2.45) is 10.8 Å². The zero-order valence-corrected chi connectivity index (χ0v) is 20.6. The fourth-order valence-corrected chi connectivity index (χ4v) is 5.20. The lowest BCUT2D eigenvalue weighted by Crippen LogP contribution is -2.52. The largest absolute Gasteiger partial charge is 0.480 e. The zero-order chi connectivity index (χ0) is 25.2. The van der Waals surface area contributed by atoms with Gasteiger partial charge >= 0.3 is 12.1 Å². The van der Waals surface area contributed by atoms with Gasteiger partial charge in [0, 0.05) is 18.9 Å². The van der Waals surface area contributed by atoms with Crippen LogP contribution in [-0.2, 0) is 14.3 Å². The summed E-state index contributed by atoms with van der Waals surface area (Å²) in [5.41, 5.74) is 3.68. The maximum atomic E-state index is 12.7. The molecule has 2 aliphatic carbocycles. The van der Waals surface area contributed by atoms with Gasteiger partial charge < -0.3 is 20.5 Å². The molecule has 0 radical (unpaired) electrons. The Morgan fingerprint density at radius 3 is 2.09 bits per heavy atom. The van der Waals surface area contributed by atoms with E-state index in [4.69, 9.17) is 4.74 Å². The number of amides is 2. The normalized spacial score (nSPS) is 16.9. The fraction of sp³-hybridized carbons (Fsp3) is 0.464. The molecule has 0 aliphatic heterocycles. The van der Waals surface area contributed by atoms with Crippen molar-refractivity contribution in [2.45, 2.75) is 58.4 Å². The molecule has 7 nitrogen and oxygen atoms in total. The summed E-state index contributed by atoms with van der Waals surface area (Å²) in [7, 11) is 0. The van der Waals surface area contributed by atoms with Crippen LogP contribution in [0.2, 0.25) is 0 Å². The average molecular weight is 479 g/mol. The predicted molar refractivity (Wildman–Crippen MR) is 133 cm³/mol. The Morgan fingerprint density at radius 1 is 1.03 bits per heavy atom. The van der Waals surface area contributed by atoms with Crippen molar-refractivity contribution in [3.8, 4) is 11.1 Å². The van der Waals surface area contributed by atoms with Gasteiger partial charge in [0.1, 0.15) is 12.6 Å². The lowest BCUT2D eigenvalue weighted by Gasteiger charge is -2.42. The number of ether oxygens (including phenoxy) is 1. The first kappa shape index (κ1) is 24.8. The van der Waals surface area contributed by atoms with Crippen LogP contribution in [0.1, 0.15) is 63.5 Å². The van der Waals surface area contributed by atoms with Crippen molar-refractivity contribution < 1.29 is 24.2 Å². The van der Waals surface area contributed by atoms with Gasteiger partial charge in [0.2, 0.25) is 5.91 Å². The van der Waals surface area contributed by atoms with Gasteiger partial charge in [-0.25, -0.2) is 9.59 Å². The number of hydrogen-bond acceptors (Lipinski definition) is 4. The number of hydrogen-bond donors (Lipinski definition) is 3. The SMILES string of the molecule is CC(C)(C)[C@H](NC(=O)CC1(CNC(=O)OCC2c3ccccc3-c3ccccc32)CCC1)C(=O)O. The first-order valence-corrected chi connectivity index (χ1v) is 12.2. The molecule has 0 bridgehead atoms. The van der Waals surface area contributed by atoms with Crippen LogP contribution in [0.15, 0.2) is 48.5 Å². The number of benzene rings is 2. The molecule has 1 atom stereocenters. The lowest BCUT2D eigenvalue weighted by molar-refractivity contribution is -0.145. The summed E-state index contributed by atoms with van der Waals surface area (Å²) < 4.78 is 5.62. The van der Waals surface area contributed by atoms with E-state index in [9.17, 15) is 19.5 Å². The van der Waals surface area contributed by atoms with Crippen LogP contribution in [0.25, 0.3) is 11.1 Å². The van der Waals surface area contributed by atoms with Crippen molar-refractivity contribution in [2.75, 3.05) is 13.2 Å². The molecule has 2 aromatic carbocycles. The number of carboxylic acid groups (broad SMARTS) is 1. The van der Waals surface area contributed by atoms with Crippen LogP contribution in [0, 0.1) is 10.8 Å². The van der Waals surface area contributed by atoms with E-state index in [1.165, 1.54) is 11.1 Å². The van der Waals surface area contributed by atoms with Gasteiger partial charge in [-0.1, -0.05) is 75.7 Å². The Hall–Kier alpha value is -3.35. The van der Waals surface area contributed by atoms with Crippen LogP contribution in [0.4, 0.5) is 4.79 Å². The standard InChI is InChI=1S/C28H34N2O5/c1-27(2,3)24(25(32)33)30-23(31)15-28(13-8-14-28)17-29-26(34)35-16-22-20-11-6-4-9-18(20)19-10-5-7-12-21(19)22/h4-7,9-12,22,24H,8,13-17H2,1-3H3,(H,29,34)(H,30,31)(H,32,33)/t24-/m1/s1. The molecule has 35 heavy (non-hydrogen) atoms. The number of nitrogens with one attached hydrogen (secondary N) is 2. The summed E-state index contributed by atoms with van der Waals surface area (Å²) in [5.74, 6) is -1.37. The first-order chi connectivity index (χ1) is 16.6. The van der Waals surface area contributed by atoms with Crippen LogP contribution in [0.3, 0.4) is 0 Å². The number of alkyl carbamates (subject to hydrolysis) is 1. The molecule has 2 aliphatic rings. The predicted octanol–water partition coefficient (Wildman–Crippen LogP) is 4.70. The second-order valence-corrected chi connectivity index (χ2v) is 10.9. The molecule has 1 saturated carbocycles. The molecule has 1 fully saturated rings. The van der Waals surface area contributed by atoms with Crippen LogP contribution >= 0.6 is 0 Å². The van der Waals surface area contributed by atoms with E-state index < -0.39 is 23.5 Å². The summed E-state index contributed by atoms with van der Waals surface area (Å²) in [6.45, 7) is 5.90. The Balaban J connectivity index is 1.32. The van der Waals surface area contributed by atoms with E-state index in [0.717, 1.165) is 30.4 Å². The summed E-state index contributed by atoms with van der Waals surface area (Å²) in [4.78, 5) is 36.8. The highest BCUT2D eigenvalue weighted by molar-refractivity contribution is 5.84. The Bertz CT molecular complexity index is 1070. The highest BCUT2D eigenvalue weighted by Crippen LogP contribution is 2.45. The molecule has 2 amide bonds. The molecular weight excluding hydrogens is 444 g/mol. The monoisotopic (exact) mass is 478 g/mol. The summed E-state index contributed by atoms with van der Waals surface area (Å²) >= 11 is 0. The third kappa shape index (κ3) is 5.34. The Labute approximate surface area is 206 Å². The molecule has 0 aromatic heterocycles. The van der Waals surface area contributed by atoms with E-state index in [1.807, 2.05) is 24.3 Å². The van der Waals surface area contributed by atoms with E-state index >= 15 is 0 Å². The number of aliphatic carboxylic acids is 1. The van der Waals surface area contributed by atoms with Crippen molar-refractivity contribution in [1.82, 2.24) is 10.6 Å². The smallest absolute Gasteiger partial charge is 0.407 e. The number of carboxylic acids is 1. The third-order valence-electron chi connectivity index (χ3n) is 7.32. The molecule has 3 N–H and O–H groups in total. The van der Waals surface area contributed by atoms with Crippen LogP contribution in [-0.4, -0.2) is 42.3 Å². The van der Waals surface area contributed by atoms with Gasteiger partial charge in [0.15, 0.2) is 0 Å². The molecule has 0 heterocycles. The van der Waals surface area contributed by atoms with Gasteiger partial charge in [-0.15, -0.1) is 0 Å². The summed E-state index contributed by atoms with van der Waals surface area (Å²) in [6, 6.07) is 15.4. The second kappa shape index (κ2) is 9.72. The average Bonchev–Trinajstić information content (AvgIpc) is 3.10. The van der Waals surface area contributed by atoms with Gasteiger partial charge in [-0.2, -0.15) is 0 Å². The molecular formula is C28H34N2O5. The van der Waals surface area contributed by atoms with Gasteiger partial charge in [0.25, 0.3) is 0 Å². The van der Waals surface area contributed by atoms with Gasteiger partial charge in [-0.05, 0) is 45.9 Å². The molecule has 0 unspecified atom stereocenters. The minimum Gasteiger partial charge on any atom is -0.480 e. The summed E-state index contributed by atoms with van der Waals surface area (Å²) in [5, 5.41) is 15.0. The van der Waals surface area contributed by atoms with E-state index in [0.29, 0.717) is 6.54 Å². The third-order valence-corrected chi connectivity index (χ3v) is 7.32. The maximum Gasteiger partial charge on any atom is 0.407 e. The van der Waals surface area contributed by atoms with Gasteiger partial charge in [0.05, 0.1) is 0 Å². The molecule has 186 valence electrons. The van der Waals surface area contributed by atoms with Crippen LogP contribution in [0.5, 0.6) is 0 Å². The highest BCUT2D eigenvalue weighted by Gasteiger charge is 2.41. The van der Waals surface area contributed by atoms with Crippen molar-refractivity contribution >= 4 is 18.0 Å². The molecule has 4 rings (SSSR count). The van der Waals surface area contributed by atoms with Gasteiger partial charge in [-0.3, -0.25) is 4.79 Å². The number of carbonyl (C=O) groups is 3. The number of fused-ring (bicyclic) bond motifs is 3. The maximum absolute atomic E-state index is 12.7. The van der Waals surface area contributed by atoms with E-state index in [2.05, 4.69) is 34.9 Å². The van der Waals surface area contributed by atoms with E-state index in [1.54, 1.807) is 20.8 Å². The molecule has 0 spiro atoms. The minimum absolute atomic E-state index is 0.0121. The van der Waals surface area contributed by atoms with Crippen molar-refractivity contribution in [3.63, 3.8) is 0 Å². The Kier molecular flexibility index (Phi) is 6.88. The summed E-state index contributed by atoms with van der Waals surface area (Å²) in [6.07, 6.45) is 2.25. The minimum atomic E-state index is -1.05. The van der Waals surface area contributed by atoms with Crippen LogP contribution < -0.4 is 10.6 Å². The molecule has 7 heteroatoms. The fourth-order valence-electron chi connectivity index (χ4n) is 5.20. The molecule has 0 saturated heterocycles. The zero-order valence-electron chi connectivity index (χ0n) is 20.6. The second-order valence-electron chi connectivity index (χ2n) is 10.9.